The van der Waals surface area contributed by atoms with E-state index in [2.05, 4.69) is 53.5 Å². The fourth-order valence-corrected chi connectivity index (χ4v) is 6.46. The van der Waals surface area contributed by atoms with Crippen molar-refractivity contribution in [2.75, 3.05) is 0 Å². The number of fused-ring (bicyclic) bond motifs is 5. The second-order valence-electron chi connectivity index (χ2n) is 8.84. The van der Waals surface area contributed by atoms with Crippen molar-refractivity contribution < 1.29 is 0 Å². The molecule has 6 heteroatoms. The summed E-state index contributed by atoms with van der Waals surface area (Å²) in [6.07, 6.45) is 5.39. The standard InChI is InChI=1S/C25H24N4OS/c1-16-8-2-3-10-18(16)15-31-24-28-27-23-26-21-19-11-5-4-9-17(19)14-25(12-6-7-13-25)20(21)22(30)29(23)24/h2-5,8-11H,6-7,12-15H2,1H3,(H,26,27). The van der Waals surface area contributed by atoms with Crippen molar-refractivity contribution in [1.29, 1.82) is 0 Å². The molecule has 0 aliphatic heterocycles. The number of benzene rings is 2. The highest BCUT2D eigenvalue weighted by Crippen LogP contribution is 2.49. The predicted molar refractivity (Wildman–Crippen MR) is 124 cm³/mol. The Morgan fingerprint density at radius 2 is 1.87 bits per heavy atom. The smallest absolute Gasteiger partial charge is 0.265 e. The highest BCUT2D eigenvalue weighted by molar-refractivity contribution is 7.98. The van der Waals surface area contributed by atoms with E-state index < -0.39 is 0 Å². The molecule has 2 heterocycles. The molecule has 0 atom stereocenters. The lowest BCUT2D eigenvalue weighted by molar-refractivity contribution is 0.425. The first-order valence-corrected chi connectivity index (χ1v) is 11.9. The molecule has 4 aromatic rings. The maximum atomic E-state index is 14.0. The van der Waals surface area contributed by atoms with Crippen LogP contribution in [0.4, 0.5) is 0 Å². The number of hydrogen-bond donors (Lipinski definition) is 1. The van der Waals surface area contributed by atoms with E-state index in [4.69, 9.17) is 4.98 Å². The van der Waals surface area contributed by atoms with Gasteiger partial charge >= 0.3 is 0 Å². The summed E-state index contributed by atoms with van der Waals surface area (Å²) < 4.78 is 1.70. The molecule has 0 saturated heterocycles. The van der Waals surface area contributed by atoms with Gasteiger partial charge in [0.1, 0.15) is 0 Å². The summed E-state index contributed by atoms with van der Waals surface area (Å²) in [5.74, 6) is 1.30. The number of rotatable bonds is 3. The topological polar surface area (TPSA) is 63.0 Å². The zero-order valence-electron chi connectivity index (χ0n) is 17.5. The summed E-state index contributed by atoms with van der Waals surface area (Å²) in [4.78, 5) is 18.9. The Labute approximate surface area is 184 Å². The van der Waals surface area contributed by atoms with Gasteiger partial charge in [-0.2, -0.15) is 0 Å². The Morgan fingerprint density at radius 1 is 1.10 bits per heavy atom. The second-order valence-corrected chi connectivity index (χ2v) is 9.78. The first-order chi connectivity index (χ1) is 15.2. The van der Waals surface area contributed by atoms with Crippen molar-refractivity contribution in [3.63, 3.8) is 0 Å². The third kappa shape index (κ3) is 2.88. The van der Waals surface area contributed by atoms with E-state index in [0.29, 0.717) is 10.9 Å². The minimum absolute atomic E-state index is 0.0532. The van der Waals surface area contributed by atoms with Crippen LogP contribution in [0.5, 0.6) is 0 Å². The molecule has 2 aliphatic rings. The van der Waals surface area contributed by atoms with E-state index in [9.17, 15) is 4.79 Å². The van der Waals surface area contributed by atoms with Gasteiger partial charge < -0.3 is 0 Å². The van der Waals surface area contributed by atoms with Crippen molar-refractivity contribution in [2.45, 2.75) is 55.4 Å². The van der Waals surface area contributed by atoms with Crippen LogP contribution in [0.3, 0.4) is 0 Å². The Morgan fingerprint density at radius 3 is 2.71 bits per heavy atom. The molecule has 1 fully saturated rings. The van der Waals surface area contributed by atoms with Crippen LogP contribution in [0.15, 0.2) is 58.5 Å². The molecule has 0 unspecified atom stereocenters. The van der Waals surface area contributed by atoms with Crippen molar-refractivity contribution in [2.24, 2.45) is 0 Å². The van der Waals surface area contributed by atoms with Crippen LogP contribution in [0.1, 0.15) is 47.9 Å². The normalized spacial score (nSPS) is 16.5. The lowest BCUT2D eigenvalue weighted by Gasteiger charge is -2.35. The van der Waals surface area contributed by atoms with Crippen LogP contribution in [0.25, 0.3) is 17.0 Å². The molecule has 1 spiro atoms. The highest BCUT2D eigenvalue weighted by atomic mass is 32.2. The molecular weight excluding hydrogens is 404 g/mol. The summed E-state index contributed by atoms with van der Waals surface area (Å²) in [6.45, 7) is 2.12. The number of H-pyrrole nitrogens is 1. The van der Waals surface area contributed by atoms with Crippen molar-refractivity contribution in [1.82, 2.24) is 19.6 Å². The average Bonchev–Trinajstić information content (AvgIpc) is 3.41. The Bertz CT molecular complexity index is 1360. The molecule has 0 amide bonds. The molecule has 5 nitrogen and oxygen atoms in total. The lowest BCUT2D eigenvalue weighted by atomic mass is 9.68. The SMILES string of the molecule is Cc1ccccc1CSc1n[nH]c2nc3c(c(=O)n12)C1(CCCC1)Cc1ccccc1-3. The lowest BCUT2D eigenvalue weighted by Crippen LogP contribution is -2.38. The molecule has 6 rings (SSSR count). The van der Waals surface area contributed by atoms with E-state index >= 15 is 0 Å². The van der Waals surface area contributed by atoms with Gasteiger partial charge in [-0.05, 0) is 42.9 Å². The zero-order chi connectivity index (χ0) is 21.0. The highest BCUT2D eigenvalue weighted by Gasteiger charge is 2.44. The molecular formula is C25H24N4OS. The Hall–Kier alpha value is -2.86. The summed E-state index contributed by atoms with van der Waals surface area (Å²) >= 11 is 1.59. The predicted octanol–water partition coefficient (Wildman–Crippen LogP) is 5.05. The van der Waals surface area contributed by atoms with Gasteiger partial charge in [-0.3, -0.25) is 4.79 Å². The quantitative estimate of drug-likeness (QED) is 0.464. The maximum Gasteiger partial charge on any atom is 0.265 e. The molecule has 1 N–H and O–H groups in total. The number of nitrogens with zero attached hydrogens (tertiary/aromatic N) is 3. The monoisotopic (exact) mass is 428 g/mol. The van der Waals surface area contributed by atoms with Gasteiger partial charge in [-0.15, -0.1) is 5.10 Å². The van der Waals surface area contributed by atoms with Gasteiger partial charge in [0.15, 0.2) is 5.16 Å². The molecule has 31 heavy (non-hydrogen) atoms. The first kappa shape index (κ1) is 18.9. The van der Waals surface area contributed by atoms with Gasteiger partial charge in [-0.25, -0.2) is 14.5 Å². The molecule has 2 aliphatic carbocycles. The van der Waals surface area contributed by atoms with Crippen LogP contribution in [0.2, 0.25) is 0 Å². The van der Waals surface area contributed by atoms with E-state index in [1.807, 2.05) is 12.1 Å². The minimum atomic E-state index is -0.0931. The van der Waals surface area contributed by atoms with E-state index in [1.165, 1.54) is 29.5 Å². The molecule has 2 aromatic carbocycles. The van der Waals surface area contributed by atoms with Crippen LogP contribution in [-0.4, -0.2) is 19.6 Å². The summed E-state index contributed by atoms with van der Waals surface area (Å²) in [6, 6.07) is 16.8. The van der Waals surface area contributed by atoms with Crippen molar-refractivity contribution in [3.8, 4) is 11.3 Å². The number of aromatic amines is 1. The van der Waals surface area contributed by atoms with Crippen LogP contribution in [0, 0.1) is 6.92 Å². The number of thioether (sulfide) groups is 1. The number of nitrogens with one attached hydrogen (secondary N) is 1. The largest absolute Gasteiger partial charge is 0.268 e. The minimum Gasteiger partial charge on any atom is -0.268 e. The van der Waals surface area contributed by atoms with Gasteiger partial charge in [0.2, 0.25) is 5.78 Å². The van der Waals surface area contributed by atoms with Crippen molar-refractivity contribution >= 4 is 17.5 Å². The van der Waals surface area contributed by atoms with E-state index in [0.717, 1.165) is 41.8 Å². The Kier molecular flexibility index (Phi) is 4.32. The summed E-state index contributed by atoms with van der Waals surface area (Å²) in [5.41, 5.74) is 6.62. The summed E-state index contributed by atoms with van der Waals surface area (Å²) in [5, 5.41) is 8.19. The van der Waals surface area contributed by atoms with Crippen LogP contribution < -0.4 is 5.56 Å². The molecule has 1 saturated carbocycles. The van der Waals surface area contributed by atoms with Crippen LogP contribution in [-0.2, 0) is 17.6 Å². The van der Waals surface area contributed by atoms with E-state index in [-0.39, 0.29) is 11.0 Å². The maximum absolute atomic E-state index is 14.0. The number of aromatic nitrogens is 4. The van der Waals surface area contributed by atoms with Gasteiger partial charge in [0, 0.05) is 16.7 Å². The van der Waals surface area contributed by atoms with Crippen LogP contribution >= 0.6 is 11.8 Å². The third-order valence-corrected chi connectivity index (χ3v) is 8.02. The fraction of sp³-hybridized carbons (Fsp3) is 0.320. The Balaban J connectivity index is 1.51. The molecule has 0 bridgehead atoms. The van der Waals surface area contributed by atoms with Gasteiger partial charge in [-0.1, -0.05) is 73.1 Å². The second kappa shape index (κ2) is 7.09. The van der Waals surface area contributed by atoms with Gasteiger partial charge in [0.05, 0.1) is 11.3 Å². The van der Waals surface area contributed by atoms with E-state index in [1.54, 1.807) is 16.2 Å². The van der Waals surface area contributed by atoms with Gasteiger partial charge in [0.25, 0.3) is 5.56 Å². The average molecular weight is 429 g/mol. The summed E-state index contributed by atoms with van der Waals surface area (Å²) in [7, 11) is 0. The first-order valence-electron chi connectivity index (χ1n) is 10.9. The third-order valence-electron chi connectivity index (χ3n) is 7.04. The molecule has 0 radical (unpaired) electrons. The van der Waals surface area contributed by atoms with Crippen molar-refractivity contribution in [3.05, 3.63) is 81.1 Å². The molecule has 156 valence electrons. The number of hydrogen-bond acceptors (Lipinski definition) is 4. The zero-order valence-corrected chi connectivity index (χ0v) is 18.3. The number of aryl methyl sites for hydroxylation is 1. The molecule has 2 aromatic heterocycles. The fourth-order valence-electron chi connectivity index (χ4n) is 5.44.